The number of benzene rings is 1. The molecule has 2 nitrogen and oxygen atoms in total. The van der Waals surface area contributed by atoms with E-state index < -0.39 is 0 Å². The Bertz CT molecular complexity index is 765. The molecule has 2 rings (SSSR count). The first-order valence-electron chi connectivity index (χ1n) is 9.06. The van der Waals surface area contributed by atoms with E-state index in [2.05, 4.69) is 43.7 Å². The third kappa shape index (κ3) is 5.60. The third-order valence-electron chi connectivity index (χ3n) is 4.57. The molecule has 2 aromatic rings. The van der Waals surface area contributed by atoms with Gasteiger partial charge in [0.1, 0.15) is 0 Å². The Labute approximate surface area is 182 Å². The summed E-state index contributed by atoms with van der Waals surface area (Å²) in [5.41, 5.74) is 2.31. The molecule has 0 unspecified atom stereocenters. The van der Waals surface area contributed by atoms with Crippen LogP contribution in [0.2, 0.25) is 10.0 Å². The normalized spacial score (nSPS) is 12.3. The molecule has 0 atom stereocenters. The number of thiazole rings is 1. The van der Waals surface area contributed by atoms with Crippen LogP contribution < -0.4 is 4.80 Å². The average Bonchev–Trinajstić information content (AvgIpc) is 2.99. The van der Waals surface area contributed by atoms with Crippen LogP contribution in [0.1, 0.15) is 64.6 Å². The van der Waals surface area contributed by atoms with Gasteiger partial charge in [0.05, 0.1) is 10.0 Å². The van der Waals surface area contributed by atoms with Crippen molar-refractivity contribution in [2.45, 2.75) is 65.3 Å². The van der Waals surface area contributed by atoms with Crippen LogP contribution in [-0.4, -0.2) is 11.1 Å². The maximum atomic E-state index is 6.27. The third-order valence-corrected chi connectivity index (χ3v) is 6.21. The minimum Gasteiger partial charge on any atom is -0.320 e. The second kappa shape index (κ2) is 10.9. The Morgan fingerprint density at radius 1 is 1.08 bits per heavy atom. The van der Waals surface area contributed by atoms with Gasteiger partial charge < -0.3 is 4.57 Å². The van der Waals surface area contributed by atoms with Crippen LogP contribution in [0.15, 0.2) is 28.6 Å². The van der Waals surface area contributed by atoms with Gasteiger partial charge in [0, 0.05) is 29.6 Å². The molecule has 0 N–H and O–H groups in total. The van der Waals surface area contributed by atoms with E-state index in [9.17, 15) is 0 Å². The monoisotopic (exact) mass is 478 g/mol. The summed E-state index contributed by atoms with van der Waals surface area (Å²) in [5, 5.41) is 3.46. The predicted molar refractivity (Wildman–Crippen MR) is 121 cm³/mol. The summed E-state index contributed by atoms with van der Waals surface area (Å²) >= 11 is 14.1. The highest BCUT2D eigenvalue weighted by molar-refractivity contribution is 8.93. The molecule has 0 saturated carbocycles. The molecule has 0 radical (unpaired) electrons. The second-order valence-electron chi connectivity index (χ2n) is 6.90. The van der Waals surface area contributed by atoms with E-state index in [4.69, 9.17) is 28.2 Å². The number of rotatable bonds is 8. The first-order chi connectivity index (χ1) is 11.9. The van der Waals surface area contributed by atoms with Crippen molar-refractivity contribution in [2.75, 3.05) is 6.54 Å². The molecule has 0 bridgehead atoms. The van der Waals surface area contributed by atoms with Gasteiger partial charge in [-0.1, -0.05) is 69.8 Å². The zero-order chi connectivity index (χ0) is 18.4. The second-order valence-corrected chi connectivity index (χ2v) is 8.55. The first-order valence-corrected chi connectivity index (χ1v) is 10.7. The summed E-state index contributed by atoms with van der Waals surface area (Å²) in [6.07, 6.45) is 4.63. The highest BCUT2D eigenvalue weighted by Gasteiger charge is 2.28. The van der Waals surface area contributed by atoms with E-state index in [1.54, 1.807) is 11.3 Å². The standard InChI is InChI=1S/C20H28Cl2N2S.BrH/c1-5-7-11-23-19-24(12-8-6-2)18(14-25-19)20(3,4)15-9-10-16(21)17(22)13-15;/h9-10,13-14H,5-8,11-12H2,1-4H3;1H. The van der Waals surface area contributed by atoms with Crippen LogP contribution in [-0.2, 0) is 12.0 Å². The molecular formula is C20H29BrCl2N2S. The van der Waals surface area contributed by atoms with E-state index in [0.717, 1.165) is 30.7 Å². The van der Waals surface area contributed by atoms with Crippen LogP contribution in [0.25, 0.3) is 0 Å². The molecule has 0 aliphatic rings. The van der Waals surface area contributed by atoms with Crippen LogP contribution in [0, 0.1) is 0 Å². The molecule has 0 amide bonds. The van der Waals surface area contributed by atoms with Crippen molar-refractivity contribution in [3.63, 3.8) is 0 Å². The lowest BCUT2D eigenvalue weighted by Gasteiger charge is -2.27. The number of aromatic nitrogens is 1. The lowest BCUT2D eigenvalue weighted by Crippen LogP contribution is -2.28. The van der Waals surface area contributed by atoms with E-state index in [-0.39, 0.29) is 22.4 Å². The lowest BCUT2D eigenvalue weighted by molar-refractivity contribution is 0.519. The van der Waals surface area contributed by atoms with Gasteiger partial charge in [-0.25, -0.2) is 0 Å². The Balaban J connectivity index is 0.00000338. The fourth-order valence-corrected chi connectivity index (χ4v) is 4.26. The molecule has 26 heavy (non-hydrogen) atoms. The van der Waals surface area contributed by atoms with Crippen molar-refractivity contribution >= 4 is 51.5 Å². The van der Waals surface area contributed by atoms with E-state index in [1.807, 2.05) is 12.1 Å². The molecule has 0 saturated heterocycles. The predicted octanol–water partition coefficient (Wildman–Crippen LogP) is 7.26. The van der Waals surface area contributed by atoms with Crippen LogP contribution in [0.3, 0.4) is 0 Å². The molecule has 146 valence electrons. The Morgan fingerprint density at radius 3 is 2.38 bits per heavy atom. The first kappa shape index (κ1) is 23.7. The van der Waals surface area contributed by atoms with Gasteiger partial charge in [0.15, 0.2) is 4.80 Å². The summed E-state index contributed by atoms with van der Waals surface area (Å²) in [4.78, 5) is 5.97. The van der Waals surface area contributed by atoms with Gasteiger partial charge in [-0.05, 0) is 30.5 Å². The highest BCUT2D eigenvalue weighted by Crippen LogP contribution is 2.35. The zero-order valence-corrected chi connectivity index (χ0v) is 20.1. The molecule has 1 aromatic heterocycles. The van der Waals surface area contributed by atoms with Crippen LogP contribution in [0.4, 0.5) is 0 Å². The minimum atomic E-state index is -0.156. The summed E-state index contributed by atoms with van der Waals surface area (Å²) in [6.45, 7) is 10.8. The summed E-state index contributed by atoms with van der Waals surface area (Å²) in [6, 6.07) is 5.94. The van der Waals surface area contributed by atoms with Crippen LogP contribution in [0.5, 0.6) is 0 Å². The highest BCUT2D eigenvalue weighted by atomic mass is 79.9. The van der Waals surface area contributed by atoms with Gasteiger partial charge >= 0.3 is 0 Å². The summed E-state index contributed by atoms with van der Waals surface area (Å²) in [5.74, 6) is 0. The molecule has 0 aliphatic heterocycles. The number of unbranched alkanes of at least 4 members (excludes halogenated alkanes) is 2. The molecule has 0 fully saturated rings. The zero-order valence-electron chi connectivity index (χ0n) is 16.0. The Kier molecular flexibility index (Phi) is 9.95. The summed E-state index contributed by atoms with van der Waals surface area (Å²) < 4.78 is 2.40. The summed E-state index contributed by atoms with van der Waals surface area (Å²) in [7, 11) is 0. The molecule has 0 aliphatic carbocycles. The van der Waals surface area contributed by atoms with E-state index in [0.29, 0.717) is 10.0 Å². The molecular weight excluding hydrogens is 451 g/mol. The van der Waals surface area contributed by atoms with Gasteiger partial charge in [-0.2, -0.15) is 0 Å². The SMILES string of the molecule is Br.CCCCN=c1scc(C(C)(C)c2ccc(Cl)c(Cl)c2)n1CCCC. The topological polar surface area (TPSA) is 17.3 Å². The Morgan fingerprint density at radius 2 is 1.77 bits per heavy atom. The van der Waals surface area contributed by atoms with E-state index in [1.165, 1.54) is 24.1 Å². The number of hydrogen-bond acceptors (Lipinski definition) is 2. The fourth-order valence-electron chi connectivity index (χ4n) is 2.84. The van der Waals surface area contributed by atoms with Crippen molar-refractivity contribution in [3.05, 3.63) is 49.7 Å². The smallest absolute Gasteiger partial charge is 0.184 e. The maximum Gasteiger partial charge on any atom is 0.184 e. The van der Waals surface area contributed by atoms with Crippen molar-refractivity contribution < 1.29 is 0 Å². The van der Waals surface area contributed by atoms with E-state index >= 15 is 0 Å². The van der Waals surface area contributed by atoms with Gasteiger partial charge in [-0.3, -0.25) is 4.99 Å². The number of nitrogens with zero attached hydrogens (tertiary/aromatic N) is 2. The fraction of sp³-hybridized carbons (Fsp3) is 0.550. The largest absolute Gasteiger partial charge is 0.320 e. The minimum absolute atomic E-state index is 0. The van der Waals surface area contributed by atoms with Crippen molar-refractivity contribution in [2.24, 2.45) is 4.99 Å². The quantitative estimate of drug-likeness (QED) is 0.354. The molecule has 1 heterocycles. The van der Waals surface area contributed by atoms with Crippen molar-refractivity contribution in [1.82, 2.24) is 4.57 Å². The molecule has 1 aromatic carbocycles. The lowest BCUT2D eigenvalue weighted by atomic mass is 9.82. The maximum absolute atomic E-state index is 6.27. The van der Waals surface area contributed by atoms with Gasteiger partial charge in [-0.15, -0.1) is 28.3 Å². The van der Waals surface area contributed by atoms with Crippen LogP contribution >= 0.6 is 51.5 Å². The number of hydrogen-bond donors (Lipinski definition) is 0. The Hall–Kier alpha value is -0.290. The van der Waals surface area contributed by atoms with Gasteiger partial charge in [0.2, 0.25) is 0 Å². The number of halogens is 3. The van der Waals surface area contributed by atoms with Gasteiger partial charge in [0.25, 0.3) is 0 Å². The van der Waals surface area contributed by atoms with Crippen molar-refractivity contribution in [3.8, 4) is 0 Å². The average molecular weight is 480 g/mol. The molecule has 0 spiro atoms. The van der Waals surface area contributed by atoms with Crippen molar-refractivity contribution in [1.29, 1.82) is 0 Å². The molecule has 6 heteroatoms.